The molecule has 2 nitrogen and oxygen atoms in total. The van der Waals surface area contributed by atoms with E-state index in [0.29, 0.717) is 5.39 Å². The van der Waals surface area contributed by atoms with E-state index < -0.39 is 0 Å². The molecule has 0 atom stereocenters. The molecule has 1 N–H and O–H groups in total. The summed E-state index contributed by atoms with van der Waals surface area (Å²) in [5, 5.41) is 0.830. The van der Waals surface area contributed by atoms with Gasteiger partial charge >= 0.3 is 0 Å². The van der Waals surface area contributed by atoms with E-state index in [1.54, 1.807) is 0 Å². The molecule has 3 aromatic rings. The molecule has 18 heavy (non-hydrogen) atoms. The molecule has 88 valence electrons. The normalized spacial score (nSPS) is 10.7. The lowest BCUT2D eigenvalue weighted by Crippen LogP contribution is -2.02. The number of rotatable bonds is 1. The third-order valence-corrected chi connectivity index (χ3v) is 3.22. The summed E-state index contributed by atoms with van der Waals surface area (Å²) in [4.78, 5) is 15.0. The molecule has 1 heterocycles. The molecule has 3 heteroatoms. The van der Waals surface area contributed by atoms with Gasteiger partial charge in [-0.3, -0.25) is 4.79 Å². The summed E-state index contributed by atoms with van der Waals surface area (Å²) in [5.74, 6) is 0. The summed E-state index contributed by atoms with van der Waals surface area (Å²) < 4.78 is 0. The molecule has 0 bridgehead atoms. The lowest BCUT2D eigenvalue weighted by atomic mass is 10.0. The van der Waals surface area contributed by atoms with Gasteiger partial charge in [0.2, 0.25) is 5.43 Å². The van der Waals surface area contributed by atoms with Crippen molar-refractivity contribution in [3.8, 4) is 11.1 Å². The second-order valence-corrected chi connectivity index (χ2v) is 4.50. The third-order valence-electron chi connectivity index (χ3n) is 2.94. The number of hydrogen-bond acceptors (Lipinski definition) is 1. The van der Waals surface area contributed by atoms with Gasteiger partial charge in [0.1, 0.15) is 5.02 Å². The van der Waals surface area contributed by atoms with Gasteiger partial charge < -0.3 is 4.98 Å². The van der Waals surface area contributed by atoms with E-state index in [4.69, 9.17) is 11.6 Å². The zero-order valence-corrected chi connectivity index (χ0v) is 10.2. The maximum Gasteiger partial charge on any atom is 0.207 e. The van der Waals surface area contributed by atoms with Crippen molar-refractivity contribution in [2.75, 3.05) is 0 Å². The molecule has 0 radical (unpaired) electrons. The Hall–Kier alpha value is -2.06. The minimum Gasteiger partial charge on any atom is -0.360 e. The van der Waals surface area contributed by atoms with Crippen LogP contribution in [0.3, 0.4) is 0 Å². The van der Waals surface area contributed by atoms with E-state index >= 15 is 0 Å². The summed E-state index contributed by atoms with van der Waals surface area (Å²) in [6.07, 6.45) is 1.52. The third kappa shape index (κ3) is 1.81. The van der Waals surface area contributed by atoms with E-state index in [9.17, 15) is 4.79 Å². The maximum atomic E-state index is 12.0. The van der Waals surface area contributed by atoms with Gasteiger partial charge in [0.25, 0.3) is 0 Å². The number of H-pyrrole nitrogens is 1. The molecule has 0 spiro atoms. The molecule has 0 aliphatic heterocycles. The van der Waals surface area contributed by atoms with Crippen LogP contribution in [0.25, 0.3) is 22.0 Å². The fraction of sp³-hybridized carbons (Fsp3) is 0. The van der Waals surface area contributed by atoms with Crippen LogP contribution in [0.1, 0.15) is 0 Å². The Bertz CT molecular complexity index is 762. The molecule has 1 aromatic heterocycles. The number of nitrogens with one attached hydrogen (secondary N) is 1. The van der Waals surface area contributed by atoms with Crippen molar-refractivity contribution in [2.24, 2.45) is 0 Å². The first-order valence-electron chi connectivity index (χ1n) is 5.62. The van der Waals surface area contributed by atoms with E-state index in [2.05, 4.69) is 4.98 Å². The Kier molecular flexibility index (Phi) is 2.65. The molecular weight excluding hydrogens is 246 g/mol. The SMILES string of the molecule is O=c1c(Cl)c[nH]c2ccc(-c3ccccc3)cc12. The van der Waals surface area contributed by atoms with Crippen LogP contribution in [0.15, 0.2) is 59.5 Å². The van der Waals surface area contributed by atoms with Crippen LogP contribution in [-0.2, 0) is 0 Å². The van der Waals surface area contributed by atoms with Crippen LogP contribution >= 0.6 is 11.6 Å². The van der Waals surface area contributed by atoms with Gasteiger partial charge in [-0.1, -0.05) is 48.0 Å². The highest BCUT2D eigenvalue weighted by Crippen LogP contribution is 2.22. The summed E-state index contributed by atoms with van der Waals surface area (Å²) in [7, 11) is 0. The van der Waals surface area contributed by atoms with E-state index in [-0.39, 0.29) is 10.5 Å². The van der Waals surface area contributed by atoms with Crippen molar-refractivity contribution in [3.63, 3.8) is 0 Å². The first-order chi connectivity index (χ1) is 8.75. The largest absolute Gasteiger partial charge is 0.360 e. The molecule has 0 saturated heterocycles. The number of pyridine rings is 1. The number of hydrogen-bond donors (Lipinski definition) is 1. The first-order valence-corrected chi connectivity index (χ1v) is 6.00. The minimum atomic E-state index is -0.136. The molecule has 0 aliphatic rings. The van der Waals surface area contributed by atoms with E-state index in [1.165, 1.54) is 6.20 Å². The number of fused-ring (bicyclic) bond motifs is 1. The van der Waals surface area contributed by atoms with Gasteiger partial charge in [0, 0.05) is 17.1 Å². The Labute approximate surface area is 109 Å². The fourth-order valence-corrected chi connectivity index (χ4v) is 2.16. The number of halogens is 1. The lowest BCUT2D eigenvalue weighted by Gasteiger charge is -2.04. The standard InChI is InChI=1S/C15H10ClNO/c16-13-9-17-14-7-6-11(8-12(14)15(13)18)10-4-2-1-3-5-10/h1-9H,(H,17,18). The van der Waals surface area contributed by atoms with Gasteiger partial charge in [-0.15, -0.1) is 0 Å². The van der Waals surface area contributed by atoms with Crippen molar-refractivity contribution in [3.05, 3.63) is 70.0 Å². The van der Waals surface area contributed by atoms with Crippen molar-refractivity contribution in [1.82, 2.24) is 4.98 Å². The smallest absolute Gasteiger partial charge is 0.207 e. The van der Waals surface area contributed by atoms with Crippen molar-refractivity contribution in [1.29, 1.82) is 0 Å². The first kappa shape index (κ1) is 11.1. The molecule has 0 aliphatic carbocycles. The lowest BCUT2D eigenvalue weighted by molar-refractivity contribution is 1.39. The van der Waals surface area contributed by atoms with Gasteiger partial charge in [0.05, 0.1) is 0 Å². The highest BCUT2D eigenvalue weighted by atomic mass is 35.5. The predicted molar refractivity (Wildman–Crippen MR) is 75.0 cm³/mol. The second-order valence-electron chi connectivity index (χ2n) is 4.09. The monoisotopic (exact) mass is 255 g/mol. The Morgan fingerprint density at radius 1 is 0.944 bits per heavy atom. The quantitative estimate of drug-likeness (QED) is 0.704. The topological polar surface area (TPSA) is 32.9 Å². The van der Waals surface area contributed by atoms with Crippen LogP contribution < -0.4 is 5.43 Å². The summed E-state index contributed by atoms with van der Waals surface area (Å²) >= 11 is 5.84. The molecule has 0 amide bonds. The van der Waals surface area contributed by atoms with Crippen LogP contribution in [0.5, 0.6) is 0 Å². The Morgan fingerprint density at radius 2 is 1.72 bits per heavy atom. The molecule has 2 aromatic carbocycles. The van der Waals surface area contributed by atoms with Crippen molar-refractivity contribution >= 4 is 22.5 Å². The average molecular weight is 256 g/mol. The molecule has 0 saturated carbocycles. The van der Waals surface area contributed by atoms with Crippen LogP contribution in [-0.4, -0.2) is 4.98 Å². The predicted octanol–water partition coefficient (Wildman–Crippen LogP) is 3.85. The fourth-order valence-electron chi connectivity index (χ4n) is 2.00. The molecule has 0 fully saturated rings. The van der Waals surface area contributed by atoms with E-state index in [1.807, 2.05) is 48.5 Å². The van der Waals surface area contributed by atoms with Crippen molar-refractivity contribution < 1.29 is 0 Å². The van der Waals surface area contributed by atoms with Crippen LogP contribution in [0.4, 0.5) is 0 Å². The zero-order valence-electron chi connectivity index (χ0n) is 9.48. The molecule has 3 rings (SSSR count). The van der Waals surface area contributed by atoms with E-state index in [0.717, 1.165) is 16.6 Å². The summed E-state index contributed by atoms with van der Waals surface area (Å²) in [6, 6.07) is 15.7. The molecular formula is C15H10ClNO. The van der Waals surface area contributed by atoms with Gasteiger partial charge in [-0.25, -0.2) is 0 Å². The number of aromatic amines is 1. The maximum absolute atomic E-state index is 12.0. The van der Waals surface area contributed by atoms with Crippen LogP contribution in [0, 0.1) is 0 Å². The highest BCUT2D eigenvalue weighted by Gasteiger charge is 2.05. The average Bonchev–Trinajstić information content (AvgIpc) is 2.44. The van der Waals surface area contributed by atoms with Crippen molar-refractivity contribution in [2.45, 2.75) is 0 Å². The Balaban J connectivity index is 2.29. The zero-order chi connectivity index (χ0) is 12.5. The van der Waals surface area contributed by atoms with Gasteiger partial charge in [-0.05, 0) is 23.3 Å². The minimum absolute atomic E-state index is 0.136. The molecule has 0 unspecified atom stereocenters. The second kappa shape index (κ2) is 4.31. The van der Waals surface area contributed by atoms with Gasteiger partial charge in [-0.2, -0.15) is 0 Å². The van der Waals surface area contributed by atoms with Crippen LogP contribution in [0.2, 0.25) is 5.02 Å². The highest BCUT2D eigenvalue weighted by molar-refractivity contribution is 6.31. The summed E-state index contributed by atoms with van der Waals surface area (Å²) in [5.41, 5.74) is 2.75. The Morgan fingerprint density at radius 3 is 2.50 bits per heavy atom. The van der Waals surface area contributed by atoms with Gasteiger partial charge in [0.15, 0.2) is 0 Å². The number of aromatic nitrogens is 1. The summed E-state index contributed by atoms with van der Waals surface area (Å²) in [6.45, 7) is 0. The number of benzene rings is 2.